The number of hydrogen-bond donors (Lipinski definition) is 2. The molecule has 1 heterocycles. The number of nitrogen functional groups attached to an aromatic ring is 1. The highest BCUT2D eigenvalue weighted by molar-refractivity contribution is 5.95. The number of rotatable bonds is 6. The molecule has 1 aromatic heterocycles. The summed E-state index contributed by atoms with van der Waals surface area (Å²) in [7, 11) is 1.57. The van der Waals surface area contributed by atoms with Crippen LogP contribution in [0.5, 0.6) is 11.5 Å². The molecule has 0 unspecified atom stereocenters. The molecule has 104 valence electrons. The lowest BCUT2D eigenvalue weighted by molar-refractivity contribution is 0.319. The van der Waals surface area contributed by atoms with Crippen LogP contribution in [0, 0.1) is 5.41 Å². The zero-order valence-corrected chi connectivity index (χ0v) is 11.3. The van der Waals surface area contributed by atoms with Crippen molar-refractivity contribution in [1.82, 2.24) is 4.98 Å². The van der Waals surface area contributed by atoms with E-state index in [1.54, 1.807) is 37.7 Å². The van der Waals surface area contributed by atoms with Crippen molar-refractivity contribution in [2.24, 2.45) is 5.73 Å². The molecule has 20 heavy (non-hydrogen) atoms. The average molecular weight is 271 g/mol. The summed E-state index contributed by atoms with van der Waals surface area (Å²) in [5.41, 5.74) is 7.24. The molecule has 0 bridgehead atoms. The molecule has 0 aliphatic rings. The second kappa shape index (κ2) is 6.56. The van der Waals surface area contributed by atoms with Crippen molar-refractivity contribution >= 4 is 5.84 Å². The number of amidine groups is 1. The Morgan fingerprint density at radius 3 is 2.55 bits per heavy atom. The third-order valence-corrected chi connectivity index (χ3v) is 2.84. The van der Waals surface area contributed by atoms with Gasteiger partial charge in [0.15, 0.2) is 0 Å². The Morgan fingerprint density at radius 1 is 1.20 bits per heavy atom. The van der Waals surface area contributed by atoms with E-state index in [4.69, 9.17) is 20.6 Å². The Morgan fingerprint density at radius 2 is 1.90 bits per heavy atom. The van der Waals surface area contributed by atoms with E-state index >= 15 is 0 Å². The molecular formula is C15H17N3O2. The fraction of sp³-hybridized carbons (Fsp3) is 0.200. The first-order valence-corrected chi connectivity index (χ1v) is 6.24. The number of nitrogens with one attached hydrogen (secondary N) is 1. The summed E-state index contributed by atoms with van der Waals surface area (Å²) >= 11 is 0. The third kappa shape index (κ3) is 3.71. The minimum absolute atomic E-state index is 0.0112. The number of nitrogens with zero attached hydrogens (tertiary/aromatic N) is 1. The van der Waals surface area contributed by atoms with E-state index in [1.165, 1.54) is 0 Å². The van der Waals surface area contributed by atoms with E-state index < -0.39 is 0 Å². The van der Waals surface area contributed by atoms with Gasteiger partial charge in [0.05, 0.1) is 13.7 Å². The molecule has 0 radical (unpaired) electrons. The Bertz CT molecular complexity index is 585. The number of hydrogen-bond acceptors (Lipinski definition) is 4. The molecule has 2 rings (SSSR count). The molecule has 0 amide bonds. The van der Waals surface area contributed by atoms with Crippen molar-refractivity contribution in [1.29, 1.82) is 5.41 Å². The van der Waals surface area contributed by atoms with Crippen LogP contribution < -0.4 is 15.2 Å². The van der Waals surface area contributed by atoms with E-state index in [0.717, 1.165) is 12.0 Å². The zero-order valence-electron chi connectivity index (χ0n) is 11.3. The Kier molecular flexibility index (Phi) is 4.55. The fourth-order valence-corrected chi connectivity index (χ4v) is 1.76. The summed E-state index contributed by atoms with van der Waals surface area (Å²) < 4.78 is 10.9. The summed E-state index contributed by atoms with van der Waals surface area (Å²) in [6.07, 6.45) is 4.30. The summed E-state index contributed by atoms with van der Waals surface area (Å²) in [6, 6.07) is 9.13. The molecular weight excluding hydrogens is 254 g/mol. The van der Waals surface area contributed by atoms with Crippen LogP contribution in [0.1, 0.15) is 11.1 Å². The van der Waals surface area contributed by atoms with Crippen molar-refractivity contribution in [2.45, 2.75) is 6.42 Å². The normalized spacial score (nSPS) is 10.1. The first-order chi connectivity index (χ1) is 9.69. The topological polar surface area (TPSA) is 81.2 Å². The van der Waals surface area contributed by atoms with Gasteiger partial charge in [-0.3, -0.25) is 10.4 Å². The van der Waals surface area contributed by atoms with Crippen molar-refractivity contribution in [3.05, 3.63) is 53.9 Å². The van der Waals surface area contributed by atoms with Gasteiger partial charge in [-0.1, -0.05) is 0 Å². The molecule has 3 N–H and O–H groups in total. The standard InChI is InChI=1S/C15H17N3O2/c1-19-13-8-12(15(16)17)9-14(10-13)20-7-4-11-2-5-18-6-3-11/h2-3,5-6,8-10H,4,7H2,1H3,(H3,16,17). The number of aromatic nitrogens is 1. The predicted molar refractivity (Wildman–Crippen MR) is 77.4 cm³/mol. The highest BCUT2D eigenvalue weighted by atomic mass is 16.5. The zero-order chi connectivity index (χ0) is 14.4. The SMILES string of the molecule is COc1cc(OCCc2ccncc2)cc(C(=N)N)c1. The summed E-state index contributed by atoms with van der Waals surface area (Å²) in [6.45, 7) is 0.536. The fourth-order valence-electron chi connectivity index (χ4n) is 1.76. The van der Waals surface area contributed by atoms with E-state index in [9.17, 15) is 0 Å². The van der Waals surface area contributed by atoms with Crippen LogP contribution in [0.25, 0.3) is 0 Å². The number of pyridine rings is 1. The lowest BCUT2D eigenvalue weighted by Crippen LogP contribution is -2.11. The average Bonchev–Trinajstić information content (AvgIpc) is 2.48. The molecule has 0 atom stereocenters. The minimum Gasteiger partial charge on any atom is -0.497 e. The molecule has 0 saturated carbocycles. The predicted octanol–water partition coefficient (Wildman–Crippen LogP) is 2.00. The van der Waals surface area contributed by atoms with Crippen molar-refractivity contribution < 1.29 is 9.47 Å². The minimum atomic E-state index is -0.0112. The smallest absolute Gasteiger partial charge is 0.123 e. The first kappa shape index (κ1) is 13.9. The van der Waals surface area contributed by atoms with E-state index in [1.807, 2.05) is 12.1 Å². The summed E-state index contributed by atoms with van der Waals surface area (Å²) in [4.78, 5) is 3.97. The lowest BCUT2D eigenvalue weighted by atomic mass is 10.2. The van der Waals surface area contributed by atoms with Crippen LogP contribution in [0.4, 0.5) is 0 Å². The van der Waals surface area contributed by atoms with Gasteiger partial charge in [-0.25, -0.2) is 0 Å². The molecule has 5 heteroatoms. The Labute approximate surface area is 117 Å². The number of methoxy groups -OCH3 is 1. The Hall–Kier alpha value is -2.56. The maximum atomic E-state index is 7.48. The lowest BCUT2D eigenvalue weighted by Gasteiger charge is -2.10. The molecule has 0 saturated heterocycles. The Balaban J connectivity index is 2.02. The monoisotopic (exact) mass is 271 g/mol. The quantitative estimate of drug-likeness (QED) is 0.622. The molecule has 0 aliphatic heterocycles. The van der Waals surface area contributed by atoms with Crippen LogP contribution in [-0.2, 0) is 6.42 Å². The summed E-state index contributed by atoms with van der Waals surface area (Å²) in [5.74, 6) is 1.25. The number of ether oxygens (including phenoxy) is 2. The van der Waals surface area contributed by atoms with Gasteiger partial charge in [-0.15, -0.1) is 0 Å². The second-order valence-electron chi connectivity index (χ2n) is 4.26. The van der Waals surface area contributed by atoms with Crippen LogP contribution in [0.15, 0.2) is 42.7 Å². The molecule has 0 aliphatic carbocycles. The van der Waals surface area contributed by atoms with Crippen molar-refractivity contribution in [3.8, 4) is 11.5 Å². The third-order valence-electron chi connectivity index (χ3n) is 2.84. The van der Waals surface area contributed by atoms with Crippen LogP contribution in [0.3, 0.4) is 0 Å². The van der Waals surface area contributed by atoms with Crippen molar-refractivity contribution in [2.75, 3.05) is 13.7 Å². The van der Waals surface area contributed by atoms with E-state index in [-0.39, 0.29) is 5.84 Å². The van der Waals surface area contributed by atoms with Crippen LogP contribution in [0.2, 0.25) is 0 Å². The molecule has 0 spiro atoms. The van der Waals surface area contributed by atoms with Gasteiger partial charge in [0.2, 0.25) is 0 Å². The highest BCUT2D eigenvalue weighted by Gasteiger charge is 2.05. The number of nitrogens with two attached hydrogens (primary N) is 1. The molecule has 5 nitrogen and oxygen atoms in total. The van der Waals surface area contributed by atoms with E-state index in [2.05, 4.69) is 4.98 Å². The maximum Gasteiger partial charge on any atom is 0.123 e. The van der Waals surface area contributed by atoms with Gasteiger partial charge in [0.1, 0.15) is 17.3 Å². The van der Waals surface area contributed by atoms with Crippen LogP contribution in [-0.4, -0.2) is 24.5 Å². The van der Waals surface area contributed by atoms with Gasteiger partial charge >= 0.3 is 0 Å². The van der Waals surface area contributed by atoms with E-state index in [0.29, 0.717) is 23.7 Å². The highest BCUT2D eigenvalue weighted by Crippen LogP contribution is 2.22. The van der Waals surface area contributed by atoms with Gasteiger partial charge < -0.3 is 15.2 Å². The number of benzene rings is 1. The summed E-state index contributed by atoms with van der Waals surface area (Å²) in [5, 5.41) is 7.48. The second-order valence-corrected chi connectivity index (χ2v) is 4.26. The van der Waals surface area contributed by atoms with Gasteiger partial charge in [0.25, 0.3) is 0 Å². The first-order valence-electron chi connectivity index (χ1n) is 6.24. The molecule has 1 aromatic carbocycles. The van der Waals surface area contributed by atoms with Crippen LogP contribution >= 0.6 is 0 Å². The van der Waals surface area contributed by atoms with Crippen molar-refractivity contribution in [3.63, 3.8) is 0 Å². The maximum absolute atomic E-state index is 7.48. The largest absolute Gasteiger partial charge is 0.497 e. The molecule has 2 aromatic rings. The molecule has 0 fully saturated rings. The van der Waals surface area contributed by atoms with Gasteiger partial charge in [-0.2, -0.15) is 0 Å². The van der Waals surface area contributed by atoms with Gasteiger partial charge in [-0.05, 0) is 29.8 Å². The van der Waals surface area contributed by atoms with Gasteiger partial charge in [0, 0.05) is 30.4 Å².